The third kappa shape index (κ3) is 6.28. The maximum Gasteiger partial charge on any atom is 0.326 e. The van der Waals surface area contributed by atoms with Crippen LogP contribution in [-0.4, -0.2) is 91.1 Å². The van der Waals surface area contributed by atoms with Crippen LogP contribution in [0.1, 0.15) is 12.8 Å². The Morgan fingerprint density at radius 3 is 2.67 bits per heavy atom. The SMILES string of the molecule is COCCC(NC(=O)N1CCCN(CCO)CC1)C(=O)O. The van der Waals surface area contributed by atoms with Crippen LogP contribution in [-0.2, 0) is 9.53 Å². The molecule has 1 saturated heterocycles. The number of urea groups is 1. The van der Waals surface area contributed by atoms with E-state index in [1.165, 1.54) is 7.11 Å². The fourth-order valence-corrected chi connectivity index (χ4v) is 2.27. The number of methoxy groups -OCH3 is 1. The summed E-state index contributed by atoms with van der Waals surface area (Å²) in [7, 11) is 1.49. The van der Waals surface area contributed by atoms with Gasteiger partial charge in [0.2, 0.25) is 0 Å². The Morgan fingerprint density at radius 2 is 2.05 bits per heavy atom. The third-order valence-electron chi connectivity index (χ3n) is 3.50. The van der Waals surface area contributed by atoms with E-state index in [4.69, 9.17) is 14.9 Å². The van der Waals surface area contributed by atoms with Crippen molar-refractivity contribution in [2.45, 2.75) is 18.9 Å². The van der Waals surface area contributed by atoms with Crippen LogP contribution in [0.25, 0.3) is 0 Å². The number of β-amino-alcohol motifs (C(OH)–C–C–N with tert-alkyl or cyclic N) is 1. The van der Waals surface area contributed by atoms with Gasteiger partial charge in [-0.05, 0) is 13.0 Å². The molecule has 1 rings (SSSR count). The molecule has 8 nitrogen and oxygen atoms in total. The molecule has 0 saturated carbocycles. The molecule has 1 aliphatic heterocycles. The zero-order chi connectivity index (χ0) is 15.7. The highest BCUT2D eigenvalue weighted by molar-refractivity contribution is 5.82. The number of aliphatic carboxylic acids is 1. The van der Waals surface area contributed by atoms with E-state index in [1.54, 1.807) is 4.90 Å². The molecule has 8 heteroatoms. The van der Waals surface area contributed by atoms with Crippen molar-refractivity contribution in [3.05, 3.63) is 0 Å². The van der Waals surface area contributed by atoms with Gasteiger partial charge in [-0.2, -0.15) is 0 Å². The first-order valence-electron chi connectivity index (χ1n) is 7.19. The number of hydrogen-bond acceptors (Lipinski definition) is 5. The highest BCUT2D eigenvalue weighted by Crippen LogP contribution is 2.04. The topological polar surface area (TPSA) is 102 Å². The molecular weight excluding hydrogens is 278 g/mol. The maximum atomic E-state index is 12.1. The Hall–Kier alpha value is -1.38. The van der Waals surface area contributed by atoms with E-state index in [1.807, 2.05) is 0 Å². The summed E-state index contributed by atoms with van der Waals surface area (Å²) in [5, 5.41) is 20.6. The van der Waals surface area contributed by atoms with Crippen molar-refractivity contribution in [3.8, 4) is 0 Å². The molecule has 1 unspecified atom stereocenters. The molecular formula is C13H25N3O5. The molecule has 0 aromatic carbocycles. The molecule has 0 aliphatic carbocycles. The molecule has 1 aliphatic rings. The first-order valence-corrected chi connectivity index (χ1v) is 7.19. The highest BCUT2D eigenvalue weighted by Gasteiger charge is 2.24. The molecule has 2 amide bonds. The molecule has 0 radical (unpaired) electrons. The van der Waals surface area contributed by atoms with Crippen molar-refractivity contribution in [3.63, 3.8) is 0 Å². The Bertz CT molecular complexity index is 340. The Kier molecular flexibility index (Phi) is 8.03. The summed E-state index contributed by atoms with van der Waals surface area (Å²) >= 11 is 0. The normalized spacial score (nSPS) is 18.1. The highest BCUT2D eigenvalue weighted by atomic mass is 16.5. The molecule has 0 aromatic rings. The number of amides is 2. The monoisotopic (exact) mass is 303 g/mol. The van der Waals surface area contributed by atoms with E-state index in [0.717, 1.165) is 13.0 Å². The van der Waals surface area contributed by atoms with Crippen molar-refractivity contribution in [1.82, 2.24) is 15.1 Å². The number of rotatable bonds is 7. The van der Waals surface area contributed by atoms with E-state index in [2.05, 4.69) is 10.2 Å². The van der Waals surface area contributed by atoms with E-state index >= 15 is 0 Å². The van der Waals surface area contributed by atoms with E-state index in [9.17, 15) is 9.59 Å². The number of nitrogens with one attached hydrogen (secondary N) is 1. The van der Waals surface area contributed by atoms with Crippen LogP contribution < -0.4 is 5.32 Å². The average molecular weight is 303 g/mol. The van der Waals surface area contributed by atoms with Gasteiger partial charge in [0, 0.05) is 46.3 Å². The van der Waals surface area contributed by atoms with Crippen LogP contribution in [0.3, 0.4) is 0 Å². The summed E-state index contributed by atoms with van der Waals surface area (Å²) in [5.41, 5.74) is 0. The van der Waals surface area contributed by atoms with E-state index < -0.39 is 12.0 Å². The zero-order valence-electron chi connectivity index (χ0n) is 12.5. The minimum Gasteiger partial charge on any atom is -0.480 e. The Balaban J connectivity index is 2.47. The Morgan fingerprint density at radius 1 is 1.29 bits per heavy atom. The fraction of sp³-hybridized carbons (Fsp3) is 0.846. The average Bonchev–Trinajstić information content (AvgIpc) is 2.69. The van der Waals surface area contributed by atoms with Crippen LogP contribution >= 0.6 is 0 Å². The third-order valence-corrected chi connectivity index (χ3v) is 3.50. The summed E-state index contributed by atoms with van der Waals surface area (Å²) in [6.07, 6.45) is 1.05. The predicted molar refractivity (Wildman–Crippen MR) is 76.2 cm³/mol. The van der Waals surface area contributed by atoms with Gasteiger partial charge in [-0.15, -0.1) is 0 Å². The van der Waals surface area contributed by atoms with Gasteiger partial charge in [-0.3, -0.25) is 4.90 Å². The van der Waals surface area contributed by atoms with Gasteiger partial charge in [0.15, 0.2) is 0 Å². The first kappa shape index (κ1) is 17.7. The molecule has 21 heavy (non-hydrogen) atoms. The summed E-state index contributed by atoms with van der Waals surface area (Å²) in [6, 6.07) is -1.29. The lowest BCUT2D eigenvalue weighted by molar-refractivity contribution is -0.139. The molecule has 122 valence electrons. The number of carbonyl (C=O) groups is 2. The lowest BCUT2D eigenvalue weighted by Crippen LogP contribution is -2.49. The lowest BCUT2D eigenvalue weighted by atomic mass is 10.2. The van der Waals surface area contributed by atoms with Crippen LogP contribution in [0, 0.1) is 0 Å². The number of aliphatic hydroxyl groups is 1. The maximum absolute atomic E-state index is 12.1. The summed E-state index contributed by atoms with van der Waals surface area (Å²) in [6.45, 7) is 3.61. The summed E-state index contributed by atoms with van der Waals surface area (Å²) in [4.78, 5) is 27.0. The lowest BCUT2D eigenvalue weighted by Gasteiger charge is -2.24. The zero-order valence-corrected chi connectivity index (χ0v) is 12.5. The van der Waals surface area contributed by atoms with Crippen LogP contribution in [0.2, 0.25) is 0 Å². The second kappa shape index (κ2) is 9.54. The second-order valence-electron chi connectivity index (χ2n) is 5.03. The van der Waals surface area contributed by atoms with Gasteiger partial charge < -0.3 is 25.2 Å². The minimum absolute atomic E-state index is 0.101. The smallest absolute Gasteiger partial charge is 0.326 e. The number of hydrogen-bond donors (Lipinski definition) is 3. The summed E-state index contributed by atoms with van der Waals surface area (Å²) < 4.78 is 4.85. The number of aliphatic hydroxyl groups excluding tert-OH is 1. The predicted octanol–water partition coefficient (Wildman–Crippen LogP) is -0.814. The van der Waals surface area contributed by atoms with Gasteiger partial charge >= 0.3 is 12.0 Å². The number of carboxylic acids is 1. The van der Waals surface area contributed by atoms with Crippen molar-refractivity contribution < 1.29 is 24.5 Å². The fourth-order valence-electron chi connectivity index (χ4n) is 2.27. The number of ether oxygens (including phenoxy) is 1. The van der Waals surface area contributed by atoms with E-state index in [-0.39, 0.29) is 25.7 Å². The van der Waals surface area contributed by atoms with Gasteiger partial charge in [0.05, 0.1) is 6.61 Å². The Labute approximate surface area is 124 Å². The van der Waals surface area contributed by atoms with Gasteiger partial charge in [-0.1, -0.05) is 0 Å². The van der Waals surface area contributed by atoms with Crippen molar-refractivity contribution in [2.24, 2.45) is 0 Å². The van der Waals surface area contributed by atoms with Gasteiger partial charge in [0.1, 0.15) is 6.04 Å². The van der Waals surface area contributed by atoms with E-state index in [0.29, 0.717) is 26.2 Å². The van der Waals surface area contributed by atoms with Gasteiger partial charge in [0.25, 0.3) is 0 Å². The standard InChI is InChI=1S/C13H25N3O5/c1-21-10-3-11(12(18)19)14-13(20)16-5-2-4-15(6-7-16)8-9-17/h11,17H,2-10H2,1H3,(H,14,20)(H,18,19). The molecule has 0 bridgehead atoms. The molecule has 1 atom stereocenters. The van der Waals surface area contributed by atoms with Crippen molar-refractivity contribution >= 4 is 12.0 Å². The quantitative estimate of drug-likeness (QED) is 0.568. The second-order valence-corrected chi connectivity index (χ2v) is 5.03. The minimum atomic E-state index is -1.06. The number of carbonyl (C=O) groups excluding carboxylic acids is 1. The number of nitrogens with zero attached hydrogens (tertiary/aromatic N) is 2. The van der Waals surface area contributed by atoms with Crippen LogP contribution in [0.15, 0.2) is 0 Å². The molecule has 3 N–H and O–H groups in total. The van der Waals surface area contributed by atoms with Gasteiger partial charge in [-0.25, -0.2) is 9.59 Å². The molecule has 1 heterocycles. The largest absolute Gasteiger partial charge is 0.480 e. The molecule has 1 fully saturated rings. The first-order chi connectivity index (χ1) is 10.1. The molecule has 0 spiro atoms. The van der Waals surface area contributed by atoms with Crippen LogP contribution in [0.4, 0.5) is 4.79 Å². The number of carboxylic acid groups (broad SMARTS) is 1. The van der Waals surface area contributed by atoms with Crippen LogP contribution in [0.5, 0.6) is 0 Å². The van der Waals surface area contributed by atoms with Crippen molar-refractivity contribution in [1.29, 1.82) is 0 Å². The van der Waals surface area contributed by atoms with Crippen molar-refractivity contribution in [2.75, 3.05) is 53.0 Å². The molecule has 0 aromatic heterocycles. The summed E-state index contributed by atoms with van der Waals surface area (Å²) in [5.74, 6) is -1.06.